The van der Waals surface area contributed by atoms with Crippen LogP contribution in [0.1, 0.15) is 80.1 Å². The van der Waals surface area contributed by atoms with Crippen molar-refractivity contribution < 1.29 is 10.0 Å². The zero-order valence-electron chi connectivity index (χ0n) is 15.9. The van der Waals surface area contributed by atoms with Crippen LogP contribution in [-0.2, 0) is 4.79 Å². The maximum atomic E-state index is 12.4. The second-order valence-electron chi connectivity index (χ2n) is 9.54. The van der Waals surface area contributed by atoms with Gasteiger partial charge in [-0.2, -0.15) is 5.06 Å². The third-order valence-electron chi connectivity index (χ3n) is 5.64. The Morgan fingerprint density at radius 3 is 2.26 bits per heavy atom. The molecule has 2 N–H and O–H groups in total. The highest BCUT2D eigenvalue weighted by Crippen LogP contribution is 2.45. The van der Waals surface area contributed by atoms with Crippen molar-refractivity contribution in [2.24, 2.45) is 17.8 Å². The Morgan fingerprint density at radius 1 is 1.17 bits per heavy atom. The fraction of sp³-hybridized carbons (Fsp3) is 0.947. The van der Waals surface area contributed by atoms with E-state index in [1.165, 1.54) is 24.3 Å². The van der Waals surface area contributed by atoms with Crippen LogP contribution in [0, 0.1) is 17.8 Å². The van der Waals surface area contributed by atoms with Crippen molar-refractivity contribution in [2.45, 2.75) is 97.2 Å². The number of piperidine rings is 1. The molecule has 2 atom stereocenters. The highest BCUT2D eigenvalue weighted by molar-refractivity contribution is 5.77. The van der Waals surface area contributed by atoms with Gasteiger partial charge in [0, 0.05) is 23.5 Å². The van der Waals surface area contributed by atoms with Gasteiger partial charge in [-0.1, -0.05) is 20.3 Å². The topological polar surface area (TPSA) is 52.6 Å². The summed E-state index contributed by atoms with van der Waals surface area (Å²) in [6.07, 6.45) is 6.05. The Bertz CT molecular complexity index is 413. The fourth-order valence-corrected chi connectivity index (χ4v) is 4.36. The van der Waals surface area contributed by atoms with E-state index in [9.17, 15) is 10.0 Å². The number of carbonyl (C=O) groups excluding carboxylic acids is 1. The minimum absolute atomic E-state index is 0.156. The van der Waals surface area contributed by atoms with Crippen LogP contribution in [0.3, 0.4) is 0 Å². The average Bonchev–Trinajstić information content (AvgIpc) is 3.10. The van der Waals surface area contributed by atoms with Gasteiger partial charge >= 0.3 is 0 Å². The smallest absolute Gasteiger partial charge is 0.220 e. The highest BCUT2D eigenvalue weighted by Gasteiger charge is 2.46. The number of rotatable bonds is 6. The van der Waals surface area contributed by atoms with Gasteiger partial charge in [-0.25, -0.2) is 0 Å². The monoisotopic (exact) mass is 324 g/mol. The van der Waals surface area contributed by atoms with Gasteiger partial charge in [0.15, 0.2) is 0 Å². The first-order valence-corrected chi connectivity index (χ1v) is 9.30. The Hall–Kier alpha value is -0.610. The Kier molecular flexibility index (Phi) is 5.47. The van der Waals surface area contributed by atoms with Crippen molar-refractivity contribution in [1.29, 1.82) is 0 Å². The van der Waals surface area contributed by atoms with Crippen LogP contribution in [0.4, 0.5) is 0 Å². The van der Waals surface area contributed by atoms with E-state index in [4.69, 9.17) is 0 Å². The minimum atomic E-state index is -0.306. The van der Waals surface area contributed by atoms with E-state index < -0.39 is 0 Å². The molecule has 1 saturated carbocycles. The molecule has 0 aromatic rings. The third-order valence-corrected chi connectivity index (χ3v) is 5.64. The van der Waals surface area contributed by atoms with E-state index in [1.807, 2.05) is 27.7 Å². The second kappa shape index (κ2) is 6.72. The first-order valence-electron chi connectivity index (χ1n) is 9.30. The molecule has 1 aliphatic heterocycles. The SMILES string of the molecule is CC(C)CCC1CC1CC(=O)NC1CC(C)(C)N(O)C(C)(C)C1. The summed E-state index contributed by atoms with van der Waals surface area (Å²) in [7, 11) is 0. The molecule has 2 rings (SSSR count). The lowest BCUT2D eigenvalue weighted by Gasteiger charge is -2.51. The molecule has 0 aromatic carbocycles. The molecule has 1 heterocycles. The van der Waals surface area contributed by atoms with Crippen molar-refractivity contribution in [1.82, 2.24) is 10.4 Å². The summed E-state index contributed by atoms with van der Waals surface area (Å²) in [5.41, 5.74) is -0.613. The summed E-state index contributed by atoms with van der Waals surface area (Å²) < 4.78 is 0. The molecule has 0 aromatic heterocycles. The van der Waals surface area contributed by atoms with Gasteiger partial charge in [0.2, 0.25) is 5.91 Å². The van der Waals surface area contributed by atoms with Gasteiger partial charge in [-0.3, -0.25) is 4.79 Å². The van der Waals surface area contributed by atoms with E-state index in [2.05, 4.69) is 19.2 Å². The van der Waals surface area contributed by atoms with E-state index in [1.54, 1.807) is 0 Å². The van der Waals surface area contributed by atoms with Gasteiger partial charge in [0.25, 0.3) is 0 Å². The molecule has 0 bridgehead atoms. The normalized spacial score (nSPS) is 30.4. The number of carbonyl (C=O) groups is 1. The van der Waals surface area contributed by atoms with Crippen LogP contribution in [-0.4, -0.2) is 33.3 Å². The molecule has 4 nitrogen and oxygen atoms in total. The quantitative estimate of drug-likeness (QED) is 0.777. The Balaban J connectivity index is 1.78. The van der Waals surface area contributed by atoms with E-state index >= 15 is 0 Å². The predicted molar refractivity (Wildman–Crippen MR) is 93.2 cm³/mol. The van der Waals surface area contributed by atoms with Gasteiger partial charge in [0.05, 0.1) is 0 Å². The molecule has 0 radical (unpaired) electrons. The van der Waals surface area contributed by atoms with Crippen LogP contribution >= 0.6 is 0 Å². The first kappa shape index (κ1) is 18.7. The van der Waals surface area contributed by atoms with Crippen LogP contribution in [0.25, 0.3) is 0 Å². The number of nitrogens with zero attached hydrogens (tertiary/aromatic N) is 1. The number of hydrogen-bond donors (Lipinski definition) is 2. The number of nitrogens with one attached hydrogen (secondary N) is 1. The molecule has 2 fully saturated rings. The molecule has 23 heavy (non-hydrogen) atoms. The molecule has 2 unspecified atom stereocenters. The van der Waals surface area contributed by atoms with Crippen molar-refractivity contribution in [3.63, 3.8) is 0 Å². The Morgan fingerprint density at radius 2 is 1.74 bits per heavy atom. The lowest BCUT2D eigenvalue weighted by molar-refractivity contribution is -0.246. The highest BCUT2D eigenvalue weighted by atomic mass is 16.5. The van der Waals surface area contributed by atoms with Crippen molar-refractivity contribution >= 4 is 5.91 Å². The molecule has 1 saturated heterocycles. The van der Waals surface area contributed by atoms with E-state index in [0.717, 1.165) is 24.7 Å². The fourth-order valence-electron chi connectivity index (χ4n) is 4.36. The summed E-state index contributed by atoms with van der Waals surface area (Å²) >= 11 is 0. The summed E-state index contributed by atoms with van der Waals surface area (Å²) in [5.74, 6) is 2.34. The molecular formula is C19H36N2O2. The summed E-state index contributed by atoms with van der Waals surface area (Å²) in [4.78, 5) is 12.4. The zero-order chi connectivity index (χ0) is 17.4. The average molecular weight is 325 g/mol. The number of amides is 1. The molecule has 1 aliphatic carbocycles. The first-order chi connectivity index (χ1) is 10.5. The number of hydrogen-bond acceptors (Lipinski definition) is 3. The van der Waals surface area contributed by atoms with Crippen molar-refractivity contribution in [2.75, 3.05) is 0 Å². The Labute approximate surface area is 142 Å². The molecule has 1 amide bonds. The summed E-state index contributed by atoms with van der Waals surface area (Å²) in [5, 5.41) is 15.0. The van der Waals surface area contributed by atoms with Crippen LogP contribution < -0.4 is 5.32 Å². The molecule has 4 heteroatoms. The molecule has 2 aliphatic rings. The largest absolute Gasteiger partial charge is 0.353 e. The maximum Gasteiger partial charge on any atom is 0.220 e. The van der Waals surface area contributed by atoms with E-state index in [-0.39, 0.29) is 23.0 Å². The predicted octanol–water partition coefficient (Wildman–Crippen LogP) is 3.98. The second-order valence-corrected chi connectivity index (χ2v) is 9.54. The van der Waals surface area contributed by atoms with Crippen LogP contribution in [0.15, 0.2) is 0 Å². The van der Waals surface area contributed by atoms with Gasteiger partial charge in [0.1, 0.15) is 0 Å². The van der Waals surface area contributed by atoms with Crippen molar-refractivity contribution in [3.05, 3.63) is 0 Å². The van der Waals surface area contributed by atoms with Crippen LogP contribution in [0.2, 0.25) is 0 Å². The molecule has 134 valence electrons. The molecule has 0 spiro atoms. The third kappa shape index (κ3) is 4.93. The maximum absolute atomic E-state index is 12.4. The van der Waals surface area contributed by atoms with Gasteiger partial charge < -0.3 is 10.5 Å². The molecular weight excluding hydrogens is 288 g/mol. The lowest BCUT2D eigenvalue weighted by atomic mass is 9.79. The van der Waals surface area contributed by atoms with Crippen molar-refractivity contribution in [3.8, 4) is 0 Å². The lowest BCUT2D eigenvalue weighted by Crippen LogP contribution is -2.62. The zero-order valence-corrected chi connectivity index (χ0v) is 15.9. The summed E-state index contributed by atoms with van der Waals surface area (Å²) in [6.45, 7) is 12.7. The van der Waals surface area contributed by atoms with Crippen LogP contribution in [0.5, 0.6) is 0 Å². The standard InChI is InChI=1S/C19H36N2O2/c1-13(2)7-8-14-9-15(14)10-17(22)20-16-11-18(3,4)21(23)19(5,6)12-16/h13-16,23H,7-12H2,1-6H3,(H,20,22). The van der Waals surface area contributed by atoms with E-state index in [0.29, 0.717) is 12.3 Å². The number of hydroxylamine groups is 2. The summed E-state index contributed by atoms with van der Waals surface area (Å²) in [6, 6.07) is 0.156. The van der Waals surface area contributed by atoms with Gasteiger partial charge in [-0.05, 0) is 71.1 Å². The minimum Gasteiger partial charge on any atom is -0.353 e. The van der Waals surface area contributed by atoms with Gasteiger partial charge in [-0.15, -0.1) is 0 Å².